The van der Waals surface area contributed by atoms with Crippen LogP contribution in [0.3, 0.4) is 0 Å². The molecule has 1 aliphatic heterocycles. The van der Waals surface area contributed by atoms with E-state index in [1.807, 2.05) is 0 Å². The standard InChI is InChI=1S/C16H18FN3O4/c1-19(10-13(21)18-12-4-2-11(17)3-5-12)14(22)8-9-20-15(23)6-7-16(20)24/h2-5H,6-10H2,1H3,(H,18,21). The normalized spacial score (nSPS) is 14.0. The quantitative estimate of drug-likeness (QED) is 0.778. The van der Waals surface area contributed by atoms with Gasteiger partial charge in [-0.2, -0.15) is 0 Å². The van der Waals surface area contributed by atoms with Crippen LogP contribution in [0.15, 0.2) is 24.3 Å². The number of halogens is 1. The molecule has 1 fully saturated rings. The van der Waals surface area contributed by atoms with Crippen molar-refractivity contribution in [2.24, 2.45) is 0 Å². The lowest BCUT2D eigenvalue weighted by molar-refractivity contribution is -0.140. The highest BCUT2D eigenvalue weighted by atomic mass is 19.1. The van der Waals surface area contributed by atoms with Crippen molar-refractivity contribution in [3.05, 3.63) is 30.1 Å². The molecule has 1 aliphatic rings. The van der Waals surface area contributed by atoms with Gasteiger partial charge in [0.15, 0.2) is 0 Å². The van der Waals surface area contributed by atoms with E-state index in [1.165, 1.54) is 36.2 Å². The topological polar surface area (TPSA) is 86.8 Å². The summed E-state index contributed by atoms with van der Waals surface area (Å²) in [6, 6.07) is 5.27. The zero-order valence-corrected chi connectivity index (χ0v) is 13.3. The maximum atomic E-state index is 12.8. The Labute approximate surface area is 138 Å². The first-order valence-electron chi connectivity index (χ1n) is 7.49. The molecule has 2 rings (SSSR count). The molecule has 1 N–H and O–H groups in total. The maximum Gasteiger partial charge on any atom is 0.243 e. The van der Waals surface area contributed by atoms with Crippen molar-refractivity contribution < 1.29 is 23.6 Å². The number of benzene rings is 1. The van der Waals surface area contributed by atoms with Crippen molar-refractivity contribution in [1.29, 1.82) is 0 Å². The number of likely N-dealkylation sites (N-methyl/N-ethyl adjacent to an activating group) is 1. The zero-order chi connectivity index (χ0) is 17.7. The third kappa shape index (κ3) is 4.61. The van der Waals surface area contributed by atoms with Gasteiger partial charge in [0.2, 0.25) is 23.6 Å². The number of anilines is 1. The molecule has 0 unspecified atom stereocenters. The van der Waals surface area contributed by atoms with Crippen molar-refractivity contribution in [2.45, 2.75) is 19.3 Å². The van der Waals surface area contributed by atoms with Gasteiger partial charge in [-0.25, -0.2) is 4.39 Å². The fourth-order valence-electron chi connectivity index (χ4n) is 2.31. The number of rotatable bonds is 6. The van der Waals surface area contributed by atoms with Crippen LogP contribution in [0.5, 0.6) is 0 Å². The maximum absolute atomic E-state index is 12.8. The summed E-state index contributed by atoms with van der Waals surface area (Å²) in [7, 11) is 1.46. The van der Waals surface area contributed by atoms with E-state index in [1.54, 1.807) is 0 Å². The predicted molar refractivity (Wildman–Crippen MR) is 83.2 cm³/mol. The van der Waals surface area contributed by atoms with Crippen LogP contribution in [0.25, 0.3) is 0 Å². The summed E-state index contributed by atoms with van der Waals surface area (Å²) in [6.45, 7) is -0.154. The van der Waals surface area contributed by atoms with Gasteiger partial charge in [0.05, 0.1) is 6.54 Å². The number of nitrogens with one attached hydrogen (secondary N) is 1. The van der Waals surface area contributed by atoms with Crippen molar-refractivity contribution in [1.82, 2.24) is 9.80 Å². The molecule has 0 aromatic heterocycles. The van der Waals surface area contributed by atoms with Gasteiger partial charge < -0.3 is 10.2 Å². The number of carbonyl (C=O) groups excluding carboxylic acids is 4. The van der Waals surface area contributed by atoms with Crippen LogP contribution in [-0.2, 0) is 19.2 Å². The molecule has 0 saturated carbocycles. The Bertz CT molecular complexity index is 644. The molecule has 4 amide bonds. The molecule has 0 radical (unpaired) electrons. The van der Waals surface area contributed by atoms with Gasteiger partial charge in [0.25, 0.3) is 0 Å². The van der Waals surface area contributed by atoms with Crippen molar-refractivity contribution in [3.63, 3.8) is 0 Å². The largest absolute Gasteiger partial charge is 0.336 e. The van der Waals surface area contributed by atoms with E-state index in [2.05, 4.69) is 5.32 Å². The van der Waals surface area contributed by atoms with E-state index >= 15 is 0 Å². The lowest BCUT2D eigenvalue weighted by atomic mass is 10.3. The molecule has 1 saturated heterocycles. The average Bonchev–Trinajstić information content (AvgIpc) is 2.85. The van der Waals surface area contributed by atoms with Crippen molar-refractivity contribution >= 4 is 29.3 Å². The SMILES string of the molecule is CN(CC(=O)Nc1ccc(F)cc1)C(=O)CCN1C(=O)CCC1=O. The van der Waals surface area contributed by atoms with E-state index in [0.717, 1.165) is 4.90 Å². The van der Waals surface area contributed by atoms with Crippen LogP contribution in [0.4, 0.5) is 10.1 Å². The van der Waals surface area contributed by atoms with Crippen molar-refractivity contribution in [2.75, 3.05) is 25.5 Å². The van der Waals surface area contributed by atoms with E-state index in [-0.39, 0.29) is 50.1 Å². The Kier molecular flexibility index (Phi) is 5.62. The highest BCUT2D eigenvalue weighted by Crippen LogP contribution is 2.12. The molecule has 0 bridgehead atoms. The number of imide groups is 1. The van der Waals surface area contributed by atoms with E-state index in [9.17, 15) is 23.6 Å². The minimum absolute atomic E-state index is 0.0282. The molecule has 128 valence electrons. The molecule has 1 aromatic carbocycles. The Hall–Kier alpha value is -2.77. The molecule has 1 aromatic rings. The van der Waals surface area contributed by atoms with Crippen LogP contribution in [-0.4, -0.2) is 53.6 Å². The lowest BCUT2D eigenvalue weighted by Crippen LogP contribution is -2.38. The van der Waals surface area contributed by atoms with Crippen molar-refractivity contribution in [3.8, 4) is 0 Å². The van der Waals surface area contributed by atoms with Gasteiger partial charge in [-0.05, 0) is 24.3 Å². The molecule has 0 atom stereocenters. The average molecular weight is 335 g/mol. The minimum Gasteiger partial charge on any atom is -0.336 e. The molecule has 1 heterocycles. The van der Waals surface area contributed by atoms with Crippen LogP contribution in [0, 0.1) is 5.82 Å². The summed E-state index contributed by atoms with van der Waals surface area (Å²) in [6.07, 6.45) is 0.337. The second kappa shape index (κ2) is 7.67. The summed E-state index contributed by atoms with van der Waals surface area (Å²) >= 11 is 0. The van der Waals surface area contributed by atoms with Gasteiger partial charge >= 0.3 is 0 Å². The van der Waals surface area contributed by atoms with Crippen LogP contribution in [0.2, 0.25) is 0 Å². The minimum atomic E-state index is -0.425. The van der Waals surface area contributed by atoms with Crippen LogP contribution >= 0.6 is 0 Å². The number of amides is 4. The second-order valence-electron chi connectivity index (χ2n) is 5.49. The third-order valence-electron chi connectivity index (χ3n) is 3.64. The van der Waals surface area contributed by atoms with Gasteiger partial charge in [-0.3, -0.25) is 24.1 Å². The number of carbonyl (C=O) groups is 4. The molecule has 0 aliphatic carbocycles. The Morgan fingerprint density at radius 3 is 2.33 bits per heavy atom. The Morgan fingerprint density at radius 1 is 1.17 bits per heavy atom. The number of likely N-dealkylation sites (tertiary alicyclic amines) is 1. The fourth-order valence-corrected chi connectivity index (χ4v) is 2.31. The highest BCUT2D eigenvalue weighted by molar-refractivity contribution is 6.02. The summed E-state index contributed by atoms with van der Waals surface area (Å²) in [5.74, 6) is -1.73. The zero-order valence-electron chi connectivity index (χ0n) is 13.3. The molecular formula is C16H18FN3O4. The molecule has 24 heavy (non-hydrogen) atoms. The molecule has 7 nitrogen and oxygen atoms in total. The summed E-state index contributed by atoms with van der Waals surface area (Å²) < 4.78 is 12.8. The Morgan fingerprint density at radius 2 is 1.75 bits per heavy atom. The van der Waals surface area contributed by atoms with E-state index < -0.39 is 11.7 Å². The monoisotopic (exact) mass is 335 g/mol. The smallest absolute Gasteiger partial charge is 0.243 e. The number of nitrogens with zero attached hydrogens (tertiary/aromatic N) is 2. The molecule has 8 heteroatoms. The summed E-state index contributed by atoms with van der Waals surface area (Å²) in [4.78, 5) is 49.1. The third-order valence-corrected chi connectivity index (χ3v) is 3.64. The summed E-state index contributed by atoms with van der Waals surface area (Å²) in [5, 5.41) is 2.55. The number of hydrogen-bond donors (Lipinski definition) is 1. The number of hydrogen-bond acceptors (Lipinski definition) is 4. The first kappa shape index (κ1) is 17.6. The predicted octanol–water partition coefficient (Wildman–Crippen LogP) is 0.762. The first-order chi connectivity index (χ1) is 11.4. The fraction of sp³-hybridized carbons (Fsp3) is 0.375. The van der Waals surface area contributed by atoms with Gasteiger partial charge in [-0.1, -0.05) is 0 Å². The first-order valence-corrected chi connectivity index (χ1v) is 7.49. The highest BCUT2D eigenvalue weighted by Gasteiger charge is 2.29. The molecule has 0 spiro atoms. The van der Waals surface area contributed by atoms with E-state index in [0.29, 0.717) is 5.69 Å². The lowest BCUT2D eigenvalue weighted by Gasteiger charge is -2.19. The summed E-state index contributed by atoms with van der Waals surface area (Å²) in [5.41, 5.74) is 0.426. The van der Waals surface area contributed by atoms with Gasteiger partial charge in [0, 0.05) is 38.5 Å². The van der Waals surface area contributed by atoms with Crippen LogP contribution in [0.1, 0.15) is 19.3 Å². The van der Waals surface area contributed by atoms with Gasteiger partial charge in [0.1, 0.15) is 5.82 Å². The Balaban J connectivity index is 1.78. The molecular weight excluding hydrogens is 317 g/mol. The van der Waals surface area contributed by atoms with Crippen LogP contribution < -0.4 is 5.32 Å². The van der Waals surface area contributed by atoms with Gasteiger partial charge in [-0.15, -0.1) is 0 Å². The second-order valence-corrected chi connectivity index (χ2v) is 5.49. The van der Waals surface area contributed by atoms with E-state index in [4.69, 9.17) is 0 Å².